The van der Waals surface area contributed by atoms with Gasteiger partial charge in [-0.25, -0.2) is 0 Å². The Labute approximate surface area is 90.7 Å². The maximum atomic E-state index is 11.7. The molecule has 84 valence electrons. The average molecular weight is 209 g/mol. The molecule has 1 rings (SSSR count). The highest BCUT2D eigenvalue weighted by Crippen LogP contribution is 2.10. The van der Waals surface area contributed by atoms with Crippen molar-refractivity contribution in [3.63, 3.8) is 0 Å². The van der Waals surface area contributed by atoms with Crippen LogP contribution in [0.15, 0.2) is 6.20 Å². The first kappa shape index (κ1) is 11.8. The third kappa shape index (κ3) is 2.81. The molecule has 0 atom stereocenters. The lowest BCUT2D eigenvalue weighted by Crippen LogP contribution is -2.31. The van der Waals surface area contributed by atoms with Crippen molar-refractivity contribution in [1.82, 2.24) is 15.1 Å². The van der Waals surface area contributed by atoms with E-state index in [0.29, 0.717) is 5.69 Å². The standard InChI is InChI=1S/C11H19N3O/c1-7(2)12-11(15)10-9(5)6-14(13-10)8(3)4/h6-8H,1-5H3,(H,12,15). The second-order valence-corrected chi connectivity index (χ2v) is 4.36. The van der Waals surface area contributed by atoms with E-state index in [1.54, 1.807) is 0 Å². The molecule has 1 amide bonds. The third-order valence-electron chi connectivity index (χ3n) is 2.08. The van der Waals surface area contributed by atoms with Crippen LogP contribution < -0.4 is 5.32 Å². The summed E-state index contributed by atoms with van der Waals surface area (Å²) in [6.45, 7) is 9.85. The molecule has 1 N–H and O–H groups in total. The quantitative estimate of drug-likeness (QED) is 0.826. The lowest BCUT2D eigenvalue weighted by molar-refractivity contribution is 0.0936. The Kier molecular flexibility index (Phi) is 3.50. The Balaban J connectivity index is 2.89. The summed E-state index contributed by atoms with van der Waals surface area (Å²) in [5, 5.41) is 7.10. The summed E-state index contributed by atoms with van der Waals surface area (Å²) in [5.41, 5.74) is 1.44. The van der Waals surface area contributed by atoms with Crippen molar-refractivity contribution < 1.29 is 4.79 Å². The number of nitrogens with one attached hydrogen (secondary N) is 1. The predicted molar refractivity (Wildman–Crippen MR) is 60.0 cm³/mol. The van der Waals surface area contributed by atoms with Crippen molar-refractivity contribution in [1.29, 1.82) is 0 Å². The van der Waals surface area contributed by atoms with Crippen LogP contribution in [0, 0.1) is 6.92 Å². The maximum absolute atomic E-state index is 11.7. The number of rotatable bonds is 3. The molecule has 0 unspecified atom stereocenters. The molecule has 1 aromatic rings. The van der Waals surface area contributed by atoms with Crippen LogP contribution >= 0.6 is 0 Å². The molecule has 0 aliphatic rings. The van der Waals surface area contributed by atoms with Gasteiger partial charge in [0.1, 0.15) is 0 Å². The first-order valence-electron chi connectivity index (χ1n) is 5.28. The number of aromatic nitrogens is 2. The number of carbonyl (C=O) groups excluding carboxylic acids is 1. The smallest absolute Gasteiger partial charge is 0.272 e. The van der Waals surface area contributed by atoms with Gasteiger partial charge in [0.15, 0.2) is 5.69 Å². The van der Waals surface area contributed by atoms with E-state index in [1.165, 1.54) is 0 Å². The Morgan fingerprint density at radius 1 is 1.40 bits per heavy atom. The van der Waals surface area contributed by atoms with Crippen LogP contribution in [0.1, 0.15) is 49.8 Å². The van der Waals surface area contributed by atoms with Gasteiger partial charge >= 0.3 is 0 Å². The van der Waals surface area contributed by atoms with E-state index in [2.05, 4.69) is 10.4 Å². The van der Waals surface area contributed by atoms with Crippen LogP contribution in [0.3, 0.4) is 0 Å². The van der Waals surface area contributed by atoms with Gasteiger partial charge in [0.25, 0.3) is 5.91 Å². The van der Waals surface area contributed by atoms with Crippen molar-refractivity contribution >= 4 is 5.91 Å². The van der Waals surface area contributed by atoms with E-state index in [9.17, 15) is 4.79 Å². The summed E-state index contributed by atoms with van der Waals surface area (Å²) in [5.74, 6) is -0.0955. The van der Waals surface area contributed by atoms with Crippen LogP contribution in [0.4, 0.5) is 0 Å². The molecule has 0 bridgehead atoms. The van der Waals surface area contributed by atoms with Crippen molar-refractivity contribution in [3.05, 3.63) is 17.5 Å². The average Bonchev–Trinajstić information content (AvgIpc) is 2.46. The Bertz CT molecular complexity index is 353. The molecule has 4 heteroatoms. The summed E-state index contributed by atoms with van der Waals surface area (Å²) in [6.07, 6.45) is 1.90. The molecule has 0 aromatic carbocycles. The zero-order valence-corrected chi connectivity index (χ0v) is 10.0. The number of amides is 1. The lowest BCUT2D eigenvalue weighted by Gasteiger charge is -2.07. The molecule has 1 aromatic heterocycles. The van der Waals surface area contributed by atoms with Crippen LogP contribution in [-0.4, -0.2) is 21.7 Å². The van der Waals surface area contributed by atoms with Gasteiger partial charge in [-0.15, -0.1) is 0 Å². The molecule has 0 aliphatic heterocycles. The molecule has 0 radical (unpaired) electrons. The van der Waals surface area contributed by atoms with Gasteiger partial charge in [-0.1, -0.05) is 0 Å². The summed E-state index contributed by atoms with van der Waals surface area (Å²) in [4.78, 5) is 11.7. The SMILES string of the molecule is Cc1cn(C(C)C)nc1C(=O)NC(C)C. The van der Waals surface area contributed by atoms with Gasteiger partial charge in [0.2, 0.25) is 0 Å². The minimum atomic E-state index is -0.0955. The molecular formula is C11H19N3O. The van der Waals surface area contributed by atoms with Crippen LogP contribution in [0.5, 0.6) is 0 Å². The zero-order valence-electron chi connectivity index (χ0n) is 10.0. The number of hydrogen-bond donors (Lipinski definition) is 1. The van der Waals surface area contributed by atoms with E-state index >= 15 is 0 Å². The highest BCUT2D eigenvalue weighted by Gasteiger charge is 2.15. The third-order valence-corrected chi connectivity index (χ3v) is 2.08. The second-order valence-electron chi connectivity index (χ2n) is 4.36. The fourth-order valence-electron chi connectivity index (χ4n) is 1.30. The maximum Gasteiger partial charge on any atom is 0.272 e. The molecule has 0 aliphatic carbocycles. The van der Waals surface area contributed by atoms with E-state index in [1.807, 2.05) is 45.5 Å². The largest absolute Gasteiger partial charge is 0.348 e. The minimum absolute atomic E-state index is 0.0955. The number of hydrogen-bond acceptors (Lipinski definition) is 2. The minimum Gasteiger partial charge on any atom is -0.348 e. The van der Waals surface area contributed by atoms with Crippen LogP contribution in [-0.2, 0) is 0 Å². The summed E-state index contributed by atoms with van der Waals surface area (Å²) >= 11 is 0. The zero-order chi connectivity index (χ0) is 11.6. The van der Waals surface area contributed by atoms with Crippen molar-refractivity contribution in [2.24, 2.45) is 0 Å². The van der Waals surface area contributed by atoms with Crippen molar-refractivity contribution in [2.45, 2.75) is 46.7 Å². The number of nitrogens with zero attached hydrogens (tertiary/aromatic N) is 2. The fourth-order valence-corrected chi connectivity index (χ4v) is 1.30. The highest BCUT2D eigenvalue weighted by molar-refractivity contribution is 5.93. The Hall–Kier alpha value is -1.32. The Morgan fingerprint density at radius 3 is 2.40 bits per heavy atom. The van der Waals surface area contributed by atoms with Gasteiger partial charge in [0.05, 0.1) is 0 Å². The van der Waals surface area contributed by atoms with Crippen molar-refractivity contribution in [2.75, 3.05) is 0 Å². The molecule has 0 saturated heterocycles. The second kappa shape index (κ2) is 4.47. The van der Waals surface area contributed by atoms with Crippen molar-refractivity contribution in [3.8, 4) is 0 Å². The van der Waals surface area contributed by atoms with Crippen LogP contribution in [0.25, 0.3) is 0 Å². The van der Waals surface area contributed by atoms with Gasteiger partial charge in [-0.2, -0.15) is 5.10 Å². The predicted octanol–water partition coefficient (Wildman–Crippen LogP) is 1.91. The van der Waals surface area contributed by atoms with E-state index in [0.717, 1.165) is 5.56 Å². The summed E-state index contributed by atoms with van der Waals surface area (Å²) in [7, 11) is 0. The highest BCUT2D eigenvalue weighted by atomic mass is 16.2. The van der Waals surface area contributed by atoms with E-state index in [-0.39, 0.29) is 18.0 Å². The normalized spacial score (nSPS) is 11.1. The van der Waals surface area contributed by atoms with Gasteiger partial charge in [-0.05, 0) is 34.6 Å². The first-order valence-corrected chi connectivity index (χ1v) is 5.28. The summed E-state index contributed by atoms with van der Waals surface area (Å²) < 4.78 is 1.81. The van der Waals surface area contributed by atoms with E-state index < -0.39 is 0 Å². The summed E-state index contributed by atoms with van der Waals surface area (Å²) in [6, 6.07) is 0.422. The molecule has 15 heavy (non-hydrogen) atoms. The molecule has 0 spiro atoms. The molecule has 0 saturated carbocycles. The number of aryl methyl sites for hydroxylation is 1. The molecule has 1 heterocycles. The topological polar surface area (TPSA) is 46.9 Å². The molecule has 0 fully saturated rings. The van der Waals surface area contributed by atoms with Crippen LogP contribution in [0.2, 0.25) is 0 Å². The number of carbonyl (C=O) groups is 1. The monoisotopic (exact) mass is 209 g/mol. The molecular weight excluding hydrogens is 190 g/mol. The lowest BCUT2D eigenvalue weighted by atomic mass is 10.2. The molecule has 4 nitrogen and oxygen atoms in total. The first-order chi connectivity index (χ1) is 6.91. The van der Waals surface area contributed by atoms with Gasteiger partial charge in [0, 0.05) is 23.8 Å². The Morgan fingerprint density at radius 2 is 2.00 bits per heavy atom. The van der Waals surface area contributed by atoms with E-state index in [4.69, 9.17) is 0 Å². The van der Waals surface area contributed by atoms with Gasteiger partial charge in [-0.3, -0.25) is 9.48 Å². The fraction of sp³-hybridized carbons (Fsp3) is 0.636. The van der Waals surface area contributed by atoms with Gasteiger partial charge < -0.3 is 5.32 Å².